The van der Waals surface area contributed by atoms with Crippen molar-refractivity contribution in [1.29, 1.82) is 0 Å². The molecule has 3 aromatic carbocycles. The van der Waals surface area contributed by atoms with Gasteiger partial charge in [-0.1, -0.05) is 152 Å². The Morgan fingerprint density at radius 3 is 1.28 bits per heavy atom. The van der Waals surface area contributed by atoms with Gasteiger partial charge >= 0.3 is 39.6 Å². The fraction of sp³-hybridized carbons (Fsp3) is 0.589. The summed E-state index contributed by atoms with van der Waals surface area (Å²) in [5.41, 5.74) is 3.02. The summed E-state index contributed by atoms with van der Waals surface area (Å²) in [5.74, 6) is 0.435. The summed E-state index contributed by atoms with van der Waals surface area (Å²) in [6.07, 6.45) is 15.7. The average molecular weight is 1360 g/mol. The van der Waals surface area contributed by atoms with Crippen LogP contribution in [-0.2, 0) is 66.5 Å². The first-order valence-electron chi connectivity index (χ1n) is 34.5. The predicted molar refractivity (Wildman–Crippen MR) is 375 cm³/mol. The van der Waals surface area contributed by atoms with Gasteiger partial charge in [0.25, 0.3) is 0 Å². The van der Waals surface area contributed by atoms with Gasteiger partial charge in [-0.2, -0.15) is 0 Å². The highest BCUT2D eigenvalue weighted by Crippen LogP contribution is 2.67. The summed E-state index contributed by atoms with van der Waals surface area (Å²) in [6, 6.07) is 29.5. The molecule has 4 saturated heterocycles. The van der Waals surface area contributed by atoms with Crippen LogP contribution in [-0.4, -0.2) is 162 Å². The Morgan fingerprint density at radius 1 is 0.557 bits per heavy atom. The minimum absolute atomic E-state index is 0. The topological polar surface area (TPSA) is 250 Å². The van der Waals surface area contributed by atoms with Gasteiger partial charge in [-0.25, -0.2) is 14.4 Å². The van der Waals surface area contributed by atoms with E-state index in [1.807, 2.05) is 78.9 Å². The van der Waals surface area contributed by atoms with E-state index in [1.165, 1.54) is 31.4 Å². The lowest BCUT2D eigenvalue weighted by molar-refractivity contribution is -0.199. The maximum Gasteiger partial charge on any atom is 0.482 e. The fourth-order valence-corrected chi connectivity index (χ4v) is 16.3. The Bertz CT molecular complexity index is 3150. The Hall–Kier alpha value is -6.46. The SMILES string of the molecule is C.C=CC(=O)Cl.C=CC(=O)N1CCC[C@H](OC(=O)N[C@@H](Cc2ccccc2)B(O)O)C1.C=CC(=O)N1CCC[C@H](OC(=O)N[C@@H](Cc2ccccc2)B2O[C@@H]3C[C@@H]4C[C@@H](C4(C)C)[C@]3(C)O2)C1.CC1(C)[C@@H]2C[C@H]3OB([C@H](Cc4ccccc4)NC(=O)OC4CCCCC4)O[C@@]3(C)[C@H]1C2. The van der Waals surface area contributed by atoms with E-state index in [-0.39, 0.29) is 84.7 Å². The molecule has 4 heterocycles. The van der Waals surface area contributed by atoms with Crippen molar-refractivity contribution in [3.05, 3.63) is 146 Å². The average Bonchev–Trinajstić information content (AvgIpc) is 1.66. The molecular weight excluding hydrogens is 1250 g/mol. The van der Waals surface area contributed by atoms with Crippen molar-refractivity contribution < 1.29 is 71.6 Å². The second-order valence-corrected chi connectivity index (χ2v) is 29.3. The second-order valence-electron chi connectivity index (χ2n) is 28.9. The van der Waals surface area contributed by atoms with E-state index in [9.17, 15) is 38.8 Å². The van der Waals surface area contributed by atoms with Gasteiger partial charge in [-0.3, -0.25) is 14.4 Å². The number of carbonyl (C=O) groups excluding carboxylic acids is 6. The molecule has 7 saturated carbocycles. The summed E-state index contributed by atoms with van der Waals surface area (Å²) < 4.78 is 43.2. The lowest BCUT2D eigenvalue weighted by atomic mass is 9.43. The zero-order chi connectivity index (χ0) is 69.0. The van der Waals surface area contributed by atoms with Gasteiger partial charge in [0.15, 0.2) is 0 Å². The number of halogens is 1. The number of alkyl carbamates (subject to hydrolysis) is 3. The number of piperidine rings is 2. The third-order valence-electron chi connectivity index (χ3n) is 22.0. The summed E-state index contributed by atoms with van der Waals surface area (Å²) in [6.45, 7) is 25.9. The molecule has 4 bridgehead atoms. The number of nitrogens with one attached hydrogen (secondary N) is 3. The van der Waals surface area contributed by atoms with Gasteiger partial charge in [0, 0.05) is 13.1 Å². The molecule has 13 atom stereocenters. The number of amides is 5. The van der Waals surface area contributed by atoms with Crippen LogP contribution in [0.15, 0.2) is 129 Å². The second kappa shape index (κ2) is 34.1. The zero-order valence-corrected chi connectivity index (χ0v) is 57.5. The molecule has 7 aliphatic carbocycles. The predicted octanol–water partition coefficient (Wildman–Crippen LogP) is 10.8. The van der Waals surface area contributed by atoms with Gasteiger partial charge in [0.05, 0.1) is 54.3 Å². The Morgan fingerprint density at radius 2 is 0.918 bits per heavy atom. The number of allylic oxidation sites excluding steroid dienone is 1. The van der Waals surface area contributed by atoms with E-state index in [4.69, 9.17) is 44.4 Å². The number of likely N-dealkylation sites (tertiary alicyclic amines) is 2. The Kier molecular flexibility index (Phi) is 26.8. The minimum atomic E-state index is -1.71. The molecule has 526 valence electrons. The van der Waals surface area contributed by atoms with Crippen molar-refractivity contribution >= 4 is 68.3 Å². The minimum Gasteiger partial charge on any atom is -0.446 e. The maximum absolute atomic E-state index is 13.0. The number of hydrogen-bond acceptors (Lipinski definition) is 15. The van der Waals surface area contributed by atoms with E-state index in [0.29, 0.717) is 74.5 Å². The van der Waals surface area contributed by atoms with E-state index in [2.05, 4.69) is 89.4 Å². The van der Waals surface area contributed by atoms with Crippen LogP contribution in [0.5, 0.6) is 0 Å². The lowest BCUT2D eigenvalue weighted by Crippen LogP contribution is -2.65. The van der Waals surface area contributed by atoms with Crippen LogP contribution in [0.1, 0.15) is 149 Å². The molecule has 4 aliphatic heterocycles. The molecule has 11 fully saturated rings. The molecule has 0 spiro atoms. The molecule has 5 N–H and O–H groups in total. The molecule has 0 radical (unpaired) electrons. The van der Waals surface area contributed by atoms with Crippen LogP contribution in [0.3, 0.4) is 0 Å². The number of rotatable bonds is 18. The van der Waals surface area contributed by atoms with Crippen molar-refractivity contribution in [3.63, 3.8) is 0 Å². The van der Waals surface area contributed by atoms with E-state index in [0.717, 1.165) is 80.6 Å². The summed E-state index contributed by atoms with van der Waals surface area (Å²) in [7, 11) is -2.71. The monoisotopic (exact) mass is 1360 g/mol. The molecule has 0 unspecified atom stereocenters. The highest BCUT2D eigenvalue weighted by Gasteiger charge is 2.70. The third kappa shape index (κ3) is 19.1. The number of carbonyl (C=O) groups is 6. The molecule has 0 aromatic heterocycles. The maximum atomic E-state index is 13.0. The summed E-state index contributed by atoms with van der Waals surface area (Å²) in [5, 5.41) is 27.1. The van der Waals surface area contributed by atoms with Crippen LogP contribution < -0.4 is 16.0 Å². The van der Waals surface area contributed by atoms with Crippen molar-refractivity contribution in [1.82, 2.24) is 25.8 Å². The van der Waals surface area contributed by atoms with E-state index >= 15 is 0 Å². The van der Waals surface area contributed by atoms with E-state index < -0.39 is 50.8 Å². The van der Waals surface area contributed by atoms with Crippen LogP contribution in [0, 0.1) is 34.5 Å². The zero-order valence-electron chi connectivity index (χ0n) is 56.8. The van der Waals surface area contributed by atoms with Gasteiger partial charge in [-0.15, -0.1) is 0 Å². The molecule has 20 nitrogen and oxygen atoms in total. The molecule has 97 heavy (non-hydrogen) atoms. The lowest BCUT2D eigenvalue weighted by Gasteiger charge is -2.64. The molecule has 5 amide bonds. The number of ether oxygens (including phenoxy) is 3. The normalized spacial score (nSPS) is 28.4. The van der Waals surface area contributed by atoms with Crippen molar-refractivity contribution in [2.75, 3.05) is 26.2 Å². The van der Waals surface area contributed by atoms with Crippen LogP contribution in [0.2, 0.25) is 0 Å². The Balaban J connectivity index is 0.000000181. The first-order valence-corrected chi connectivity index (χ1v) is 34.9. The number of hydrogen-bond donors (Lipinski definition) is 5. The number of nitrogens with zero attached hydrogens (tertiary/aromatic N) is 2. The van der Waals surface area contributed by atoms with Gasteiger partial charge < -0.3 is 68.6 Å². The van der Waals surface area contributed by atoms with Crippen molar-refractivity contribution in [2.45, 2.75) is 211 Å². The molecule has 24 heteroatoms. The van der Waals surface area contributed by atoms with Crippen LogP contribution in [0.4, 0.5) is 14.4 Å². The van der Waals surface area contributed by atoms with Crippen LogP contribution in [0.25, 0.3) is 0 Å². The number of benzene rings is 3. The standard InChI is InChI=1S/C27H37BN2O5.C25H36BNO4.C17H23BN2O5.C3H3ClO.CH4/c1-5-24(31)30-13-9-12-20(17-30)33-25(32)29-23(14-18-10-7-6-8-11-18)28-34-22-16-19-15-21(26(19,2)3)27(22,4)35-28;1-24(2)18-15-20(24)25(3)21(16-18)30-26(31-25)22(14-17-10-6-4-7-11-17)27-23(28)29-19-12-8-5-9-13-19;1-2-16(21)20-10-6-9-14(12-20)25-17(22)19-15(18(23)24)11-13-7-4-3-5-8-13;1-2-3(4)5;/h5-8,10-11,19-23H,1,9,12-17H2,2-4H3,(H,29,32);4,6-7,10-11,18-22H,5,8-9,12-16H2,1-3H3,(H,27,28);2-5,7-8,14-15,23-24H,1,6,9-12H2,(H,19,22);2H,1H2;1H4/t19-,20-,21-,22+,23-,27-;18-,20-,21+,22-,25-;14-,15-;;/m000../s1. The van der Waals surface area contributed by atoms with Crippen molar-refractivity contribution in [2.24, 2.45) is 34.5 Å². The Labute approximate surface area is 580 Å². The first kappa shape index (κ1) is 76.3. The highest BCUT2D eigenvalue weighted by molar-refractivity contribution is 6.66. The highest BCUT2D eigenvalue weighted by atomic mass is 35.5. The molecular formula is C73H103B3ClN5O15. The summed E-state index contributed by atoms with van der Waals surface area (Å²) in [4.78, 5) is 74.3. The largest absolute Gasteiger partial charge is 0.482 e. The third-order valence-corrected chi connectivity index (χ3v) is 22.2. The first-order chi connectivity index (χ1) is 45.8. The van der Waals surface area contributed by atoms with E-state index in [1.54, 1.807) is 9.80 Å². The van der Waals surface area contributed by atoms with Crippen LogP contribution >= 0.6 is 11.6 Å². The van der Waals surface area contributed by atoms with Gasteiger partial charge in [-0.05, 0) is 191 Å². The molecule has 3 aromatic rings. The molecule has 14 rings (SSSR count). The van der Waals surface area contributed by atoms with Crippen molar-refractivity contribution in [3.8, 4) is 0 Å². The quantitative estimate of drug-likeness (QED) is 0.0344. The fourth-order valence-electron chi connectivity index (χ4n) is 16.3. The summed E-state index contributed by atoms with van der Waals surface area (Å²) >= 11 is 4.71. The van der Waals surface area contributed by atoms with Gasteiger partial charge in [0.2, 0.25) is 17.1 Å². The smallest absolute Gasteiger partial charge is 0.446 e. The molecule has 11 aliphatic rings. The van der Waals surface area contributed by atoms with Gasteiger partial charge in [0.1, 0.15) is 18.3 Å².